The van der Waals surface area contributed by atoms with Crippen molar-refractivity contribution in [3.8, 4) is 0 Å². The third-order valence-corrected chi connectivity index (χ3v) is 4.83. The summed E-state index contributed by atoms with van der Waals surface area (Å²) in [7, 11) is 0. The van der Waals surface area contributed by atoms with Crippen LogP contribution in [0.3, 0.4) is 0 Å². The molecule has 3 rings (SSSR count). The zero-order valence-corrected chi connectivity index (χ0v) is 15.2. The largest absolute Gasteiger partial charge is 0.375 e. The molecule has 0 aromatic heterocycles. The summed E-state index contributed by atoms with van der Waals surface area (Å²) in [5.41, 5.74) is 2.07. The Bertz CT molecular complexity index is 682. The first-order valence-electron chi connectivity index (χ1n) is 9.05. The molecule has 3 nitrogen and oxygen atoms in total. The molecule has 1 aliphatic rings. The first-order valence-corrected chi connectivity index (χ1v) is 9.05. The summed E-state index contributed by atoms with van der Waals surface area (Å²) in [4.78, 5) is 15.2. The molecule has 0 N–H and O–H groups in total. The lowest BCUT2D eigenvalue weighted by atomic mass is 9.92. The van der Waals surface area contributed by atoms with E-state index in [4.69, 9.17) is 4.74 Å². The Balaban J connectivity index is 1.79. The van der Waals surface area contributed by atoms with E-state index in [0.717, 1.165) is 18.4 Å². The standard InChI is InChI=1S/C22H27NO2/c1-22(2)16-20(13-14-25-22)23(17-19-11-7-4-8-12-19)21(24)15-18-9-5-3-6-10-18/h3-12,20H,13-17H2,1-2H3/t20-/m1/s1. The van der Waals surface area contributed by atoms with Gasteiger partial charge in [0.25, 0.3) is 0 Å². The maximum atomic E-state index is 13.1. The van der Waals surface area contributed by atoms with Crippen LogP contribution < -0.4 is 0 Å². The van der Waals surface area contributed by atoms with Gasteiger partial charge in [0.15, 0.2) is 0 Å². The maximum Gasteiger partial charge on any atom is 0.227 e. The van der Waals surface area contributed by atoms with Gasteiger partial charge in [0.05, 0.1) is 12.0 Å². The van der Waals surface area contributed by atoms with Crippen LogP contribution in [0.25, 0.3) is 0 Å². The van der Waals surface area contributed by atoms with Crippen molar-refractivity contribution in [3.05, 3.63) is 71.8 Å². The number of hydrogen-bond donors (Lipinski definition) is 0. The fourth-order valence-electron chi connectivity index (χ4n) is 3.54. The molecule has 1 atom stereocenters. The summed E-state index contributed by atoms with van der Waals surface area (Å²) in [6.45, 7) is 5.60. The van der Waals surface area contributed by atoms with E-state index in [1.165, 1.54) is 5.56 Å². The summed E-state index contributed by atoms with van der Waals surface area (Å²) in [6.07, 6.45) is 2.22. The summed E-state index contributed by atoms with van der Waals surface area (Å²) >= 11 is 0. The monoisotopic (exact) mass is 337 g/mol. The Morgan fingerprint density at radius 2 is 1.64 bits per heavy atom. The van der Waals surface area contributed by atoms with E-state index in [1.807, 2.05) is 48.5 Å². The highest BCUT2D eigenvalue weighted by molar-refractivity contribution is 5.79. The van der Waals surface area contributed by atoms with Crippen LogP contribution in [0.5, 0.6) is 0 Å². The molecule has 2 aromatic carbocycles. The van der Waals surface area contributed by atoms with Gasteiger partial charge in [0.1, 0.15) is 0 Å². The number of carbonyl (C=O) groups is 1. The predicted octanol–water partition coefficient (Wildman–Crippen LogP) is 4.22. The van der Waals surface area contributed by atoms with E-state index in [0.29, 0.717) is 19.6 Å². The zero-order chi connectivity index (χ0) is 17.7. The minimum absolute atomic E-state index is 0.176. The smallest absolute Gasteiger partial charge is 0.227 e. The number of hydrogen-bond acceptors (Lipinski definition) is 2. The van der Waals surface area contributed by atoms with Crippen molar-refractivity contribution < 1.29 is 9.53 Å². The minimum Gasteiger partial charge on any atom is -0.375 e. The van der Waals surface area contributed by atoms with Crippen LogP contribution in [0.2, 0.25) is 0 Å². The third-order valence-electron chi connectivity index (χ3n) is 4.83. The Kier molecular flexibility index (Phi) is 5.54. The SMILES string of the molecule is CC1(C)C[C@H](N(Cc2ccccc2)C(=O)Cc2ccccc2)CCO1. The van der Waals surface area contributed by atoms with Crippen molar-refractivity contribution in [1.82, 2.24) is 4.90 Å². The van der Waals surface area contributed by atoms with Gasteiger partial charge in [0, 0.05) is 19.2 Å². The van der Waals surface area contributed by atoms with Crippen LogP contribution in [0.1, 0.15) is 37.8 Å². The summed E-state index contributed by atoms with van der Waals surface area (Å²) < 4.78 is 5.86. The first kappa shape index (κ1) is 17.7. The Labute approximate surface area is 150 Å². The van der Waals surface area contributed by atoms with Crippen LogP contribution in [0, 0.1) is 0 Å². The molecule has 1 fully saturated rings. The van der Waals surface area contributed by atoms with Gasteiger partial charge in [-0.15, -0.1) is 0 Å². The average molecular weight is 337 g/mol. The fraction of sp³-hybridized carbons (Fsp3) is 0.409. The van der Waals surface area contributed by atoms with Crippen molar-refractivity contribution >= 4 is 5.91 Å². The van der Waals surface area contributed by atoms with Gasteiger partial charge in [0.2, 0.25) is 5.91 Å². The van der Waals surface area contributed by atoms with Gasteiger partial charge in [-0.2, -0.15) is 0 Å². The molecule has 0 unspecified atom stereocenters. The summed E-state index contributed by atoms with van der Waals surface area (Å²) in [5, 5.41) is 0. The molecule has 1 heterocycles. The van der Waals surface area contributed by atoms with Crippen molar-refractivity contribution in [2.75, 3.05) is 6.61 Å². The normalized spacial score (nSPS) is 19.4. The molecule has 3 heteroatoms. The molecule has 2 aromatic rings. The zero-order valence-electron chi connectivity index (χ0n) is 15.2. The number of benzene rings is 2. The summed E-state index contributed by atoms with van der Waals surface area (Å²) in [6, 6.07) is 20.5. The van der Waals surface area contributed by atoms with Gasteiger partial charge >= 0.3 is 0 Å². The molecule has 0 spiro atoms. The van der Waals surface area contributed by atoms with Gasteiger partial charge in [-0.05, 0) is 37.8 Å². The lowest BCUT2D eigenvalue weighted by Gasteiger charge is -2.41. The van der Waals surface area contributed by atoms with Gasteiger partial charge < -0.3 is 9.64 Å². The molecule has 0 bridgehead atoms. The van der Waals surface area contributed by atoms with Gasteiger partial charge in [-0.25, -0.2) is 0 Å². The minimum atomic E-state index is -0.176. The van der Waals surface area contributed by atoms with Gasteiger partial charge in [-0.3, -0.25) is 4.79 Å². The van der Waals surface area contributed by atoms with Crippen LogP contribution >= 0.6 is 0 Å². The van der Waals surface area contributed by atoms with E-state index < -0.39 is 0 Å². The van der Waals surface area contributed by atoms with E-state index >= 15 is 0 Å². The number of amides is 1. The number of nitrogens with zero attached hydrogens (tertiary/aromatic N) is 1. The highest BCUT2D eigenvalue weighted by Crippen LogP contribution is 2.29. The van der Waals surface area contributed by atoms with Crippen molar-refractivity contribution in [2.24, 2.45) is 0 Å². The second-order valence-electron chi connectivity index (χ2n) is 7.42. The second kappa shape index (κ2) is 7.83. The number of carbonyl (C=O) groups excluding carboxylic acids is 1. The Morgan fingerprint density at radius 1 is 1.04 bits per heavy atom. The molecule has 1 amide bonds. The van der Waals surface area contributed by atoms with E-state index in [-0.39, 0.29) is 17.6 Å². The second-order valence-corrected chi connectivity index (χ2v) is 7.42. The molecule has 0 radical (unpaired) electrons. The predicted molar refractivity (Wildman–Crippen MR) is 100 cm³/mol. The lowest BCUT2D eigenvalue weighted by Crippen LogP contribution is -2.48. The van der Waals surface area contributed by atoms with Crippen LogP contribution in [-0.4, -0.2) is 29.1 Å². The topological polar surface area (TPSA) is 29.5 Å². The third kappa shape index (κ3) is 4.93. The molecule has 1 aliphatic heterocycles. The molecular weight excluding hydrogens is 310 g/mol. The summed E-state index contributed by atoms with van der Waals surface area (Å²) in [5.74, 6) is 0.192. The quantitative estimate of drug-likeness (QED) is 0.818. The highest BCUT2D eigenvalue weighted by Gasteiger charge is 2.34. The van der Waals surface area contributed by atoms with Crippen LogP contribution in [0.4, 0.5) is 0 Å². The average Bonchev–Trinajstić information content (AvgIpc) is 2.60. The van der Waals surface area contributed by atoms with Crippen molar-refractivity contribution in [3.63, 3.8) is 0 Å². The molecule has 132 valence electrons. The van der Waals surface area contributed by atoms with Crippen molar-refractivity contribution in [2.45, 2.75) is 51.3 Å². The first-order chi connectivity index (χ1) is 12.0. The van der Waals surface area contributed by atoms with Crippen LogP contribution in [-0.2, 0) is 22.5 Å². The number of ether oxygens (including phenoxy) is 1. The van der Waals surface area contributed by atoms with Crippen LogP contribution in [0.15, 0.2) is 60.7 Å². The lowest BCUT2D eigenvalue weighted by molar-refractivity contribution is -0.140. The van der Waals surface area contributed by atoms with E-state index in [9.17, 15) is 4.79 Å². The van der Waals surface area contributed by atoms with E-state index in [2.05, 4.69) is 30.9 Å². The molecule has 25 heavy (non-hydrogen) atoms. The molecule has 0 saturated carbocycles. The number of rotatable bonds is 5. The van der Waals surface area contributed by atoms with Crippen molar-refractivity contribution in [1.29, 1.82) is 0 Å². The van der Waals surface area contributed by atoms with Gasteiger partial charge in [-0.1, -0.05) is 60.7 Å². The highest BCUT2D eigenvalue weighted by atomic mass is 16.5. The van der Waals surface area contributed by atoms with E-state index in [1.54, 1.807) is 0 Å². The Hall–Kier alpha value is -2.13. The molecule has 1 saturated heterocycles. The Morgan fingerprint density at radius 3 is 2.24 bits per heavy atom. The maximum absolute atomic E-state index is 13.1. The fourth-order valence-corrected chi connectivity index (χ4v) is 3.54. The molecular formula is C22H27NO2. The molecule has 0 aliphatic carbocycles.